The zero-order valence-electron chi connectivity index (χ0n) is 15.5. The van der Waals surface area contributed by atoms with Gasteiger partial charge in [-0.1, -0.05) is 29.8 Å². The Labute approximate surface area is 173 Å². The van der Waals surface area contributed by atoms with Crippen molar-refractivity contribution in [3.8, 4) is 0 Å². The molecule has 5 nitrogen and oxygen atoms in total. The number of para-hydroxylation sites is 1. The molecule has 1 amide bonds. The summed E-state index contributed by atoms with van der Waals surface area (Å²) < 4.78 is 41.0. The lowest BCUT2D eigenvalue weighted by molar-refractivity contribution is 0.102. The predicted octanol–water partition coefficient (Wildman–Crippen LogP) is 4.95. The molecule has 3 aromatic carbocycles. The third-order valence-corrected chi connectivity index (χ3v) is 6.36. The fraction of sp³-hybridized carbons (Fsp3) is 0.0952. The van der Waals surface area contributed by atoms with Crippen molar-refractivity contribution in [2.24, 2.45) is 0 Å². The second-order valence-electron chi connectivity index (χ2n) is 6.11. The van der Waals surface area contributed by atoms with E-state index in [1.165, 1.54) is 40.7 Å². The number of nitrogens with zero attached hydrogens (tertiary/aromatic N) is 1. The number of halogens is 2. The molecule has 0 unspecified atom stereocenters. The van der Waals surface area contributed by atoms with Crippen LogP contribution in [0.1, 0.15) is 17.3 Å². The fourth-order valence-corrected chi connectivity index (χ4v) is 4.42. The standard InChI is InChI=1S/C21H18ClFN2O3S/c1-2-25(17-6-4-3-5-7-17)29(27,28)18-11-8-15(9-12-18)21(26)24-20-14-16(22)10-13-19(20)23/h3-14H,2H2,1H3,(H,24,26). The number of hydrogen-bond acceptors (Lipinski definition) is 3. The van der Waals surface area contributed by atoms with Crippen molar-refractivity contribution >= 4 is 38.9 Å². The highest BCUT2D eigenvalue weighted by Gasteiger charge is 2.23. The van der Waals surface area contributed by atoms with E-state index in [-0.39, 0.29) is 27.7 Å². The zero-order valence-corrected chi connectivity index (χ0v) is 17.0. The molecule has 0 saturated heterocycles. The summed E-state index contributed by atoms with van der Waals surface area (Å²) in [7, 11) is -3.79. The molecule has 0 fully saturated rings. The van der Waals surface area contributed by atoms with Crippen LogP contribution in [0, 0.1) is 5.82 Å². The molecule has 0 atom stereocenters. The highest BCUT2D eigenvalue weighted by molar-refractivity contribution is 7.92. The van der Waals surface area contributed by atoms with Crippen molar-refractivity contribution in [3.05, 3.63) is 89.2 Å². The number of carbonyl (C=O) groups is 1. The van der Waals surface area contributed by atoms with Gasteiger partial charge in [0.15, 0.2) is 0 Å². The van der Waals surface area contributed by atoms with Gasteiger partial charge < -0.3 is 5.32 Å². The van der Waals surface area contributed by atoms with Crippen LogP contribution < -0.4 is 9.62 Å². The first-order valence-electron chi connectivity index (χ1n) is 8.77. The molecule has 29 heavy (non-hydrogen) atoms. The molecule has 0 bridgehead atoms. The first kappa shape index (κ1) is 20.8. The molecule has 0 saturated carbocycles. The van der Waals surface area contributed by atoms with Gasteiger partial charge in [0.1, 0.15) is 5.82 Å². The summed E-state index contributed by atoms with van der Waals surface area (Å²) in [5.41, 5.74) is 0.680. The Bertz CT molecular complexity index is 1120. The normalized spacial score (nSPS) is 11.1. The van der Waals surface area contributed by atoms with Crippen LogP contribution in [0.2, 0.25) is 5.02 Å². The summed E-state index contributed by atoms with van der Waals surface area (Å²) in [6, 6.07) is 18.0. The second-order valence-corrected chi connectivity index (χ2v) is 8.41. The van der Waals surface area contributed by atoms with E-state index in [1.807, 2.05) is 0 Å². The highest BCUT2D eigenvalue weighted by Crippen LogP contribution is 2.24. The van der Waals surface area contributed by atoms with Crippen LogP contribution in [0.25, 0.3) is 0 Å². The molecule has 1 N–H and O–H groups in total. The summed E-state index contributed by atoms with van der Waals surface area (Å²) in [5.74, 6) is -1.20. The monoisotopic (exact) mass is 432 g/mol. The van der Waals surface area contributed by atoms with Gasteiger partial charge in [-0.05, 0) is 61.5 Å². The van der Waals surface area contributed by atoms with Crippen LogP contribution in [0.3, 0.4) is 0 Å². The Hall–Kier alpha value is -2.90. The molecule has 0 aliphatic carbocycles. The highest BCUT2D eigenvalue weighted by atomic mass is 35.5. The summed E-state index contributed by atoms with van der Waals surface area (Å²) in [5, 5.41) is 2.71. The van der Waals surface area contributed by atoms with Crippen molar-refractivity contribution in [2.45, 2.75) is 11.8 Å². The van der Waals surface area contributed by atoms with Gasteiger partial charge >= 0.3 is 0 Å². The van der Waals surface area contributed by atoms with Gasteiger partial charge in [-0.2, -0.15) is 0 Å². The maximum atomic E-state index is 13.8. The number of amides is 1. The van der Waals surface area contributed by atoms with Gasteiger partial charge in [-0.15, -0.1) is 0 Å². The Morgan fingerprint density at radius 1 is 1.03 bits per heavy atom. The molecule has 0 spiro atoms. The maximum absolute atomic E-state index is 13.8. The molecule has 150 valence electrons. The summed E-state index contributed by atoms with van der Waals surface area (Å²) in [6.07, 6.45) is 0. The van der Waals surface area contributed by atoms with Crippen LogP contribution in [0.15, 0.2) is 77.7 Å². The van der Waals surface area contributed by atoms with Crippen LogP contribution in [0.4, 0.5) is 15.8 Å². The minimum absolute atomic E-state index is 0.0497. The van der Waals surface area contributed by atoms with Gasteiger partial charge in [0.05, 0.1) is 16.3 Å². The quantitative estimate of drug-likeness (QED) is 0.599. The summed E-state index contributed by atoms with van der Waals surface area (Å²) >= 11 is 5.82. The third-order valence-electron chi connectivity index (χ3n) is 4.21. The maximum Gasteiger partial charge on any atom is 0.264 e. The lowest BCUT2D eigenvalue weighted by Crippen LogP contribution is -2.30. The SMILES string of the molecule is CCN(c1ccccc1)S(=O)(=O)c1ccc(C(=O)Nc2cc(Cl)ccc2F)cc1. The number of anilines is 2. The van der Waals surface area contributed by atoms with Crippen LogP contribution in [0.5, 0.6) is 0 Å². The van der Waals surface area contributed by atoms with Gasteiger partial charge in [-0.25, -0.2) is 12.8 Å². The first-order valence-corrected chi connectivity index (χ1v) is 10.6. The van der Waals surface area contributed by atoms with E-state index in [9.17, 15) is 17.6 Å². The fourth-order valence-electron chi connectivity index (χ4n) is 2.78. The van der Waals surface area contributed by atoms with Crippen LogP contribution in [-0.2, 0) is 10.0 Å². The Kier molecular flexibility index (Phi) is 6.20. The number of benzene rings is 3. The molecule has 0 aliphatic rings. The lowest BCUT2D eigenvalue weighted by atomic mass is 10.2. The van der Waals surface area contributed by atoms with E-state index < -0.39 is 21.7 Å². The number of rotatable bonds is 6. The van der Waals surface area contributed by atoms with E-state index in [0.29, 0.717) is 5.69 Å². The largest absolute Gasteiger partial charge is 0.319 e. The van der Waals surface area contributed by atoms with E-state index in [1.54, 1.807) is 37.3 Å². The van der Waals surface area contributed by atoms with Crippen molar-refractivity contribution < 1.29 is 17.6 Å². The van der Waals surface area contributed by atoms with Gasteiger partial charge in [0.25, 0.3) is 15.9 Å². The van der Waals surface area contributed by atoms with Crippen LogP contribution >= 0.6 is 11.6 Å². The topological polar surface area (TPSA) is 66.5 Å². The van der Waals surface area contributed by atoms with Crippen LogP contribution in [-0.4, -0.2) is 20.9 Å². The molecule has 3 rings (SSSR count). The predicted molar refractivity (Wildman–Crippen MR) is 112 cm³/mol. The molecule has 0 aromatic heterocycles. The number of sulfonamides is 1. The first-order chi connectivity index (χ1) is 13.8. The average molecular weight is 433 g/mol. The average Bonchev–Trinajstić information content (AvgIpc) is 2.72. The molecule has 3 aromatic rings. The van der Waals surface area contributed by atoms with E-state index >= 15 is 0 Å². The Balaban J connectivity index is 1.83. The number of hydrogen-bond donors (Lipinski definition) is 1. The van der Waals surface area contributed by atoms with Crippen molar-refractivity contribution in [1.82, 2.24) is 0 Å². The van der Waals surface area contributed by atoms with E-state index in [0.717, 1.165) is 6.07 Å². The van der Waals surface area contributed by atoms with Crippen molar-refractivity contribution in [3.63, 3.8) is 0 Å². The third kappa shape index (κ3) is 4.58. The van der Waals surface area contributed by atoms with Gasteiger partial charge in [-0.3, -0.25) is 9.10 Å². The molecule has 0 aliphatic heterocycles. The molecule has 8 heteroatoms. The number of nitrogens with one attached hydrogen (secondary N) is 1. The van der Waals surface area contributed by atoms with Gasteiger partial charge in [0, 0.05) is 17.1 Å². The lowest BCUT2D eigenvalue weighted by Gasteiger charge is -2.23. The molecular weight excluding hydrogens is 415 g/mol. The Morgan fingerprint density at radius 2 is 1.69 bits per heavy atom. The smallest absolute Gasteiger partial charge is 0.264 e. The second kappa shape index (κ2) is 8.63. The minimum Gasteiger partial charge on any atom is -0.319 e. The van der Waals surface area contributed by atoms with E-state index in [2.05, 4.69) is 5.32 Å². The molecule has 0 heterocycles. The minimum atomic E-state index is -3.79. The van der Waals surface area contributed by atoms with Gasteiger partial charge in [0.2, 0.25) is 0 Å². The summed E-state index contributed by atoms with van der Waals surface area (Å²) in [6.45, 7) is 1.99. The van der Waals surface area contributed by atoms with Crippen molar-refractivity contribution in [2.75, 3.05) is 16.2 Å². The molecular formula is C21H18ClFN2O3S. The van der Waals surface area contributed by atoms with Crippen molar-refractivity contribution in [1.29, 1.82) is 0 Å². The van der Waals surface area contributed by atoms with E-state index in [4.69, 9.17) is 11.6 Å². The molecule has 0 radical (unpaired) electrons. The zero-order chi connectivity index (χ0) is 21.0. The number of carbonyl (C=O) groups excluding carboxylic acids is 1. The Morgan fingerprint density at radius 3 is 2.31 bits per heavy atom. The summed E-state index contributed by atoms with van der Waals surface area (Å²) in [4.78, 5) is 12.4.